The van der Waals surface area contributed by atoms with Crippen molar-refractivity contribution in [1.29, 1.82) is 0 Å². The van der Waals surface area contributed by atoms with Crippen molar-refractivity contribution in [3.63, 3.8) is 0 Å². The van der Waals surface area contributed by atoms with E-state index >= 15 is 0 Å². The summed E-state index contributed by atoms with van der Waals surface area (Å²) in [5.41, 5.74) is 17.4. The van der Waals surface area contributed by atoms with E-state index in [4.69, 9.17) is 0 Å². The second kappa shape index (κ2) is 7.93. The molecule has 5 rings (SSSR count). The van der Waals surface area contributed by atoms with Crippen LogP contribution in [0.4, 0.5) is 0 Å². The van der Waals surface area contributed by atoms with Crippen LogP contribution in [0.2, 0.25) is 0 Å². The molecule has 1 nitrogen and oxygen atoms in total. The first-order valence-corrected chi connectivity index (χ1v) is 12.2. The lowest BCUT2D eigenvalue weighted by atomic mass is 9.85. The predicted octanol–water partition coefficient (Wildman–Crippen LogP) is 6.84. The summed E-state index contributed by atoms with van der Waals surface area (Å²) >= 11 is 0. The van der Waals surface area contributed by atoms with Gasteiger partial charge in [-0.1, -0.05) is 12.1 Å². The van der Waals surface area contributed by atoms with Crippen molar-refractivity contribution in [2.75, 3.05) is 0 Å². The van der Waals surface area contributed by atoms with Crippen LogP contribution in [0.5, 0.6) is 0 Å². The molecule has 31 heavy (non-hydrogen) atoms. The van der Waals surface area contributed by atoms with Crippen molar-refractivity contribution in [1.82, 2.24) is 0 Å². The second-order valence-electron chi connectivity index (χ2n) is 10.1. The molecule has 0 unspecified atom stereocenters. The summed E-state index contributed by atoms with van der Waals surface area (Å²) in [5, 5.41) is 0. The van der Waals surface area contributed by atoms with Crippen LogP contribution in [0, 0.1) is 27.7 Å². The van der Waals surface area contributed by atoms with Gasteiger partial charge in [-0.05, 0) is 131 Å². The first-order valence-electron chi connectivity index (χ1n) is 12.2. The lowest BCUT2D eigenvalue weighted by molar-refractivity contribution is -0.649. The van der Waals surface area contributed by atoms with Crippen molar-refractivity contribution in [2.24, 2.45) is 7.05 Å². The molecule has 0 N–H and O–H groups in total. The lowest BCUT2D eigenvalue weighted by Crippen LogP contribution is -2.36. The van der Waals surface area contributed by atoms with Crippen LogP contribution in [0.15, 0.2) is 30.3 Å². The summed E-state index contributed by atoms with van der Waals surface area (Å²) in [5.74, 6) is 0. The zero-order chi connectivity index (χ0) is 21.7. The Morgan fingerprint density at radius 2 is 0.839 bits per heavy atom. The van der Waals surface area contributed by atoms with Crippen LogP contribution in [-0.2, 0) is 32.7 Å². The molecule has 0 fully saturated rings. The van der Waals surface area contributed by atoms with Crippen molar-refractivity contribution < 1.29 is 4.57 Å². The van der Waals surface area contributed by atoms with Gasteiger partial charge in [0.2, 0.25) is 11.4 Å². The molecule has 0 atom stereocenters. The average Bonchev–Trinajstić information content (AvgIpc) is 2.74. The van der Waals surface area contributed by atoms with Crippen LogP contribution in [0.3, 0.4) is 0 Å². The Morgan fingerprint density at radius 1 is 0.484 bits per heavy atom. The molecule has 2 aliphatic carbocycles. The van der Waals surface area contributed by atoms with Crippen molar-refractivity contribution >= 4 is 0 Å². The van der Waals surface area contributed by atoms with Crippen LogP contribution in [-0.4, -0.2) is 0 Å². The molecular formula is C30H36N+. The number of hydrogen-bond acceptors (Lipinski definition) is 0. The fourth-order valence-corrected chi connectivity index (χ4v) is 6.22. The summed E-state index contributed by atoms with van der Waals surface area (Å²) in [4.78, 5) is 0. The van der Waals surface area contributed by atoms with Gasteiger partial charge in [0.1, 0.15) is 7.05 Å². The van der Waals surface area contributed by atoms with Crippen LogP contribution in [0.25, 0.3) is 22.5 Å². The zero-order valence-corrected chi connectivity index (χ0v) is 20.0. The molecule has 1 aromatic heterocycles. The van der Waals surface area contributed by atoms with E-state index in [1.54, 1.807) is 22.3 Å². The van der Waals surface area contributed by atoms with Gasteiger partial charge in [-0.3, -0.25) is 0 Å². The minimum atomic E-state index is 1.23. The van der Waals surface area contributed by atoms with E-state index in [-0.39, 0.29) is 0 Å². The Balaban J connectivity index is 1.72. The third kappa shape index (κ3) is 3.53. The van der Waals surface area contributed by atoms with Crippen LogP contribution in [0.1, 0.15) is 70.2 Å². The number of rotatable bonds is 2. The number of pyridine rings is 1. The Bertz CT molecular complexity index is 1090. The van der Waals surface area contributed by atoms with Gasteiger partial charge in [0.25, 0.3) is 0 Å². The number of aryl methyl sites for hydroxylation is 8. The Morgan fingerprint density at radius 3 is 1.23 bits per heavy atom. The molecule has 3 aromatic rings. The molecular weight excluding hydrogens is 374 g/mol. The molecule has 0 radical (unpaired) electrons. The molecule has 2 aromatic carbocycles. The van der Waals surface area contributed by atoms with E-state index in [0.29, 0.717) is 0 Å². The lowest BCUT2D eigenvalue weighted by Gasteiger charge is -2.21. The van der Waals surface area contributed by atoms with Gasteiger partial charge in [0, 0.05) is 22.3 Å². The van der Waals surface area contributed by atoms with E-state index in [9.17, 15) is 0 Å². The van der Waals surface area contributed by atoms with Gasteiger partial charge in [-0.2, -0.15) is 4.57 Å². The number of aromatic nitrogens is 1. The normalized spacial score (nSPS) is 15.5. The monoisotopic (exact) mass is 410 g/mol. The molecule has 0 aliphatic heterocycles. The van der Waals surface area contributed by atoms with Crippen molar-refractivity contribution in [3.05, 3.63) is 74.8 Å². The minimum Gasteiger partial charge on any atom is -0.194 e. The first kappa shape index (κ1) is 20.5. The van der Waals surface area contributed by atoms with Crippen LogP contribution >= 0.6 is 0 Å². The predicted molar refractivity (Wildman–Crippen MR) is 131 cm³/mol. The molecule has 0 saturated heterocycles. The quantitative estimate of drug-likeness (QED) is 0.407. The standard InChI is InChI=1S/C30H36N/c1-19-15-23-10-6-8-12-25(23)17-27(19)29-21(3)14-22(4)30(31(29)5)28-18-26-13-9-7-11-24(26)16-20(28)2/h14-18H,6-13H2,1-5H3/q+1. The molecule has 2 aliphatic rings. The summed E-state index contributed by atoms with van der Waals surface area (Å²) in [6.45, 7) is 9.16. The summed E-state index contributed by atoms with van der Waals surface area (Å²) in [6, 6.07) is 12.3. The molecule has 0 spiro atoms. The molecule has 0 bridgehead atoms. The maximum Gasteiger partial charge on any atom is 0.215 e. The number of hydrogen-bond donors (Lipinski definition) is 0. The fourth-order valence-electron chi connectivity index (χ4n) is 6.22. The van der Waals surface area contributed by atoms with E-state index < -0.39 is 0 Å². The van der Waals surface area contributed by atoms with Gasteiger partial charge < -0.3 is 0 Å². The smallest absolute Gasteiger partial charge is 0.194 e. The molecule has 0 amide bonds. The summed E-state index contributed by atoms with van der Waals surface area (Å²) in [7, 11) is 2.28. The van der Waals surface area contributed by atoms with Gasteiger partial charge in [0.05, 0.1) is 0 Å². The molecule has 1 heterocycles. The van der Waals surface area contributed by atoms with Gasteiger partial charge in [-0.25, -0.2) is 0 Å². The topological polar surface area (TPSA) is 3.88 Å². The fraction of sp³-hybridized carbons (Fsp3) is 0.433. The van der Waals surface area contributed by atoms with Crippen molar-refractivity contribution in [2.45, 2.75) is 79.1 Å². The third-order valence-corrected chi connectivity index (χ3v) is 7.74. The molecule has 0 saturated carbocycles. The maximum atomic E-state index is 2.50. The maximum absolute atomic E-state index is 2.50. The SMILES string of the molecule is Cc1cc2c(cc1-c1c(C)cc(C)c(-c3cc4c(cc3C)CCCC4)[n+]1C)CCCC2. The number of nitrogens with zero attached hydrogens (tertiary/aromatic N) is 1. The largest absolute Gasteiger partial charge is 0.215 e. The van der Waals surface area contributed by atoms with E-state index in [1.807, 2.05) is 0 Å². The Labute approximate surface area is 188 Å². The number of fused-ring (bicyclic) bond motifs is 2. The van der Waals surface area contributed by atoms with E-state index in [1.165, 1.54) is 96.1 Å². The van der Waals surface area contributed by atoms with Crippen LogP contribution < -0.4 is 4.57 Å². The summed E-state index contributed by atoms with van der Waals surface area (Å²) < 4.78 is 2.49. The average molecular weight is 411 g/mol. The molecule has 1 heteroatoms. The third-order valence-electron chi connectivity index (χ3n) is 7.74. The highest BCUT2D eigenvalue weighted by Crippen LogP contribution is 2.35. The highest BCUT2D eigenvalue weighted by Gasteiger charge is 2.26. The Kier molecular flexibility index (Phi) is 5.24. The van der Waals surface area contributed by atoms with Crippen molar-refractivity contribution in [3.8, 4) is 22.5 Å². The second-order valence-corrected chi connectivity index (χ2v) is 10.1. The minimum absolute atomic E-state index is 1.23. The van der Waals surface area contributed by atoms with E-state index in [0.717, 1.165) is 0 Å². The van der Waals surface area contributed by atoms with E-state index in [2.05, 4.69) is 69.6 Å². The first-order chi connectivity index (χ1) is 14.9. The van der Waals surface area contributed by atoms with Gasteiger partial charge in [0.15, 0.2) is 0 Å². The zero-order valence-electron chi connectivity index (χ0n) is 20.0. The Hall–Kier alpha value is -2.41. The van der Waals surface area contributed by atoms with Gasteiger partial charge >= 0.3 is 0 Å². The highest BCUT2D eigenvalue weighted by atomic mass is 15.0. The summed E-state index contributed by atoms with van der Waals surface area (Å²) in [6.07, 6.45) is 10.3. The highest BCUT2D eigenvalue weighted by molar-refractivity contribution is 5.72. The number of benzene rings is 2. The van der Waals surface area contributed by atoms with Gasteiger partial charge in [-0.15, -0.1) is 0 Å². The molecule has 160 valence electrons.